The van der Waals surface area contributed by atoms with Crippen molar-refractivity contribution in [2.24, 2.45) is 5.34 Å². The Hall–Kier alpha value is -0.640. The van der Waals surface area contributed by atoms with Gasteiger partial charge in [-0.05, 0) is 38.5 Å². The molecule has 0 saturated heterocycles. The van der Waals surface area contributed by atoms with Crippen LogP contribution in [-0.4, -0.2) is 31.2 Å². The summed E-state index contributed by atoms with van der Waals surface area (Å²) in [5, 5.41) is 9.00. The van der Waals surface area contributed by atoms with Gasteiger partial charge in [0.05, 0.1) is 26.7 Å². The third-order valence-electron chi connectivity index (χ3n) is 9.15. The highest BCUT2D eigenvalue weighted by Gasteiger charge is 2.20. The number of rotatable bonds is 33. The molecule has 0 aromatic heterocycles. The van der Waals surface area contributed by atoms with Crippen molar-refractivity contribution < 1.29 is 4.48 Å². The molecule has 0 aliphatic rings. The second-order valence-electron chi connectivity index (χ2n) is 13.4. The van der Waals surface area contributed by atoms with E-state index in [0.717, 1.165) is 5.34 Å². The fourth-order valence-electron chi connectivity index (χ4n) is 6.28. The van der Waals surface area contributed by atoms with Crippen LogP contribution in [0.3, 0.4) is 0 Å². The molecule has 4 nitrogen and oxygen atoms in total. The maximum Gasteiger partial charge on any atom is 0.0784 e. The van der Waals surface area contributed by atoms with Gasteiger partial charge in [0, 0.05) is 0 Å². The number of hydrogen-bond donors (Lipinski definition) is 0. The third kappa shape index (κ3) is 37.3. The van der Waals surface area contributed by atoms with Gasteiger partial charge < -0.3 is 14.6 Å². The van der Waals surface area contributed by atoms with Crippen molar-refractivity contribution in [1.29, 1.82) is 0 Å². The molecule has 0 bridgehead atoms. The number of nitrogens with zero attached hydrogens (tertiary/aromatic N) is 2. The molecule has 0 fully saturated rings. The average molecular weight is 583 g/mol. The summed E-state index contributed by atoms with van der Waals surface area (Å²) in [4.78, 5) is 8.00. The Kier molecular flexibility index (Phi) is 38.7. The summed E-state index contributed by atoms with van der Waals surface area (Å²) in [6.45, 7) is 11.3. The summed E-state index contributed by atoms with van der Waals surface area (Å²) in [5.74, 6) is 0. The van der Waals surface area contributed by atoms with Gasteiger partial charge >= 0.3 is 0 Å². The molecule has 0 radical (unpaired) electrons. The second kappa shape index (κ2) is 37.4. The van der Waals surface area contributed by atoms with Crippen LogP contribution < -0.4 is 0 Å². The van der Waals surface area contributed by atoms with Crippen LogP contribution in [0.1, 0.15) is 213 Å². The van der Waals surface area contributed by atoms with E-state index < -0.39 is 0 Å². The van der Waals surface area contributed by atoms with Gasteiger partial charge in [-0.3, -0.25) is 0 Å². The molecule has 0 aliphatic carbocycles. The minimum atomic E-state index is 1.00. The van der Waals surface area contributed by atoms with Gasteiger partial charge in [0.2, 0.25) is 0 Å². The Balaban J connectivity index is 0. The normalized spacial score (nSPS) is 11.4. The Morgan fingerprint density at radius 3 is 0.683 bits per heavy atom. The Morgan fingerprint density at radius 1 is 0.366 bits per heavy atom. The lowest BCUT2D eigenvalue weighted by molar-refractivity contribution is -0.910. The van der Waals surface area contributed by atoms with Crippen molar-refractivity contribution in [1.82, 2.24) is 0 Å². The zero-order valence-corrected chi connectivity index (χ0v) is 29.0. The summed E-state index contributed by atoms with van der Waals surface area (Å²) in [5.41, 5.74) is 0. The van der Waals surface area contributed by atoms with E-state index in [2.05, 4.69) is 27.8 Å². The lowest BCUT2D eigenvalue weighted by atomic mass is 10.0. The Bertz CT molecular complexity index is 412. The molecule has 0 atom stereocenters. The lowest BCUT2D eigenvalue weighted by Crippen LogP contribution is -2.46. The van der Waals surface area contributed by atoms with E-state index in [4.69, 9.17) is 10.1 Å². The molecule has 0 aromatic carbocycles. The van der Waals surface area contributed by atoms with Gasteiger partial charge in [0.1, 0.15) is 0 Å². The van der Waals surface area contributed by atoms with Crippen molar-refractivity contribution in [3.8, 4) is 0 Å². The molecule has 0 aromatic rings. The summed E-state index contributed by atoms with van der Waals surface area (Å²) in [6, 6.07) is 0. The van der Waals surface area contributed by atoms with E-state index in [1.54, 1.807) is 0 Å². The number of unbranched alkanes of at least 4 members (excludes halogenated alkanes) is 27. The van der Waals surface area contributed by atoms with Crippen LogP contribution in [0.15, 0.2) is 5.34 Å². The molecule has 0 N–H and O–H groups in total. The van der Waals surface area contributed by atoms with Crippen LogP contribution in [-0.2, 0) is 0 Å². The van der Waals surface area contributed by atoms with Crippen molar-refractivity contribution in [2.75, 3.05) is 26.7 Å². The lowest BCUT2D eigenvalue weighted by Gasteiger charge is -2.35. The van der Waals surface area contributed by atoms with Gasteiger partial charge in [0.15, 0.2) is 0 Å². The molecule has 4 heteroatoms. The molecule has 0 heterocycles. The van der Waals surface area contributed by atoms with Crippen LogP contribution in [0, 0.1) is 10.1 Å². The smallest absolute Gasteiger partial charge is 0.0784 e. The highest BCUT2D eigenvalue weighted by molar-refractivity contribution is 4.53. The first-order chi connectivity index (χ1) is 20.1. The first kappa shape index (κ1) is 42.5. The topological polar surface area (TPSA) is 52.5 Å². The molecule has 0 rings (SSSR count). The van der Waals surface area contributed by atoms with Crippen LogP contribution >= 0.6 is 0 Å². The maximum atomic E-state index is 8.00. The molecule has 0 amide bonds. The van der Waals surface area contributed by atoms with Crippen LogP contribution in [0.5, 0.6) is 0 Å². The molecule has 248 valence electrons. The maximum absolute atomic E-state index is 8.00. The van der Waals surface area contributed by atoms with E-state index in [1.165, 1.54) is 217 Å². The first-order valence-electron chi connectivity index (χ1n) is 18.9. The Morgan fingerprint density at radius 2 is 0.512 bits per heavy atom. The van der Waals surface area contributed by atoms with Gasteiger partial charge in [-0.1, -0.05) is 175 Å². The van der Waals surface area contributed by atoms with Crippen molar-refractivity contribution in [3.63, 3.8) is 0 Å². The molecule has 0 unspecified atom stereocenters. The SMILES string of the molecule is CCCCCCCCCCCC[N+](C)(CCCCCCCCCCCC)CCCCCCCCCCCC.O=N[O-]. The minimum absolute atomic E-state index is 1.00. The first-order valence-corrected chi connectivity index (χ1v) is 18.9. The zero-order chi connectivity index (χ0) is 30.5. The van der Waals surface area contributed by atoms with Crippen molar-refractivity contribution in [3.05, 3.63) is 10.1 Å². The van der Waals surface area contributed by atoms with Crippen LogP contribution in [0.4, 0.5) is 0 Å². The van der Waals surface area contributed by atoms with E-state index in [1.807, 2.05) is 0 Å². The largest absolute Gasteiger partial charge is 0.444 e. The third-order valence-corrected chi connectivity index (χ3v) is 9.15. The standard InChI is InChI=1S/C37H78N.HNO2/c1-5-8-11-14-17-20-23-26-29-32-35-38(4,36-33-30-27-24-21-18-15-12-9-6-2)37-34-31-28-25-22-19-16-13-10-7-3;2-1-3/h5-37H2,1-4H3;(H,2,3)/q+1;/p-1. The summed E-state index contributed by atoms with van der Waals surface area (Å²) >= 11 is 0. The van der Waals surface area contributed by atoms with E-state index in [-0.39, 0.29) is 0 Å². The molecule has 0 saturated carbocycles. The van der Waals surface area contributed by atoms with Crippen LogP contribution in [0.2, 0.25) is 0 Å². The monoisotopic (exact) mass is 583 g/mol. The quantitative estimate of drug-likeness (QED) is 0.0334. The van der Waals surface area contributed by atoms with Crippen molar-refractivity contribution in [2.45, 2.75) is 213 Å². The Labute approximate surface area is 259 Å². The van der Waals surface area contributed by atoms with E-state index in [9.17, 15) is 0 Å². The fourth-order valence-corrected chi connectivity index (χ4v) is 6.28. The van der Waals surface area contributed by atoms with Gasteiger partial charge in [-0.2, -0.15) is 0 Å². The summed E-state index contributed by atoms with van der Waals surface area (Å²) < 4.78 is 1.37. The summed E-state index contributed by atoms with van der Waals surface area (Å²) in [6.07, 6.45) is 43.8. The number of quaternary nitrogens is 1. The van der Waals surface area contributed by atoms with Gasteiger partial charge in [0.25, 0.3) is 0 Å². The molecule has 0 aliphatic heterocycles. The average Bonchev–Trinajstić information content (AvgIpc) is 2.96. The minimum Gasteiger partial charge on any atom is -0.444 e. The molecular formula is C37H78N2O2. The predicted molar refractivity (Wildman–Crippen MR) is 185 cm³/mol. The summed E-state index contributed by atoms with van der Waals surface area (Å²) in [7, 11) is 2.61. The molecular weight excluding hydrogens is 504 g/mol. The fraction of sp³-hybridized carbons (Fsp3) is 1.00. The van der Waals surface area contributed by atoms with Gasteiger partial charge in [-0.15, -0.1) is 5.34 Å². The second-order valence-corrected chi connectivity index (χ2v) is 13.4. The highest BCUT2D eigenvalue weighted by atomic mass is 16.6. The highest BCUT2D eigenvalue weighted by Crippen LogP contribution is 2.18. The molecule has 0 spiro atoms. The van der Waals surface area contributed by atoms with Gasteiger partial charge in [-0.25, -0.2) is 0 Å². The van der Waals surface area contributed by atoms with Crippen molar-refractivity contribution >= 4 is 0 Å². The number of hydrogen-bond acceptors (Lipinski definition) is 3. The molecule has 41 heavy (non-hydrogen) atoms. The zero-order valence-electron chi connectivity index (χ0n) is 29.0. The predicted octanol–water partition coefficient (Wildman–Crippen LogP) is 13.4. The van der Waals surface area contributed by atoms with Crippen LogP contribution in [0.25, 0.3) is 0 Å². The van der Waals surface area contributed by atoms with E-state index >= 15 is 0 Å². The van der Waals surface area contributed by atoms with E-state index in [0.29, 0.717) is 0 Å².